The molecule has 0 atom stereocenters. The van der Waals surface area contributed by atoms with E-state index in [0.717, 1.165) is 10.6 Å². The molecule has 1 aliphatic heterocycles. The van der Waals surface area contributed by atoms with Crippen LogP contribution in [0, 0.1) is 0 Å². The number of carbonyl (C=O) groups excluding carboxylic acids is 1. The number of anilines is 2. The topological polar surface area (TPSA) is 55.6 Å². The van der Waals surface area contributed by atoms with E-state index in [1.807, 2.05) is 37.4 Å². The first kappa shape index (κ1) is 13.7. The Kier molecular flexibility index (Phi) is 3.43. The Morgan fingerprint density at radius 3 is 2.81 bits per heavy atom. The van der Waals surface area contributed by atoms with Crippen LogP contribution in [0.2, 0.25) is 0 Å². The Bertz CT molecular complexity index is 705. The second-order valence-electron chi connectivity index (χ2n) is 5.12. The summed E-state index contributed by atoms with van der Waals surface area (Å²) in [4.78, 5) is 15.4. The largest absolute Gasteiger partial charge is 0.449 e. The van der Waals surface area contributed by atoms with Crippen molar-refractivity contribution < 1.29 is 9.53 Å². The second-order valence-corrected chi connectivity index (χ2v) is 6.10. The highest BCUT2D eigenvalue weighted by Gasteiger charge is 2.32. The molecule has 108 valence electrons. The molecule has 5 heteroatoms. The minimum absolute atomic E-state index is 0.0375. The molecule has 1 aliphatic rings. The number of amides is 1. The minimum Gasteiger partial charge on any atom is -0.449 e. The molecular formula is C16H16N2O2S. The number of nitrogens with zero attached hydrogens (tertiary/aromatic N) is 1. The molecule has 0 bridgehead atoms. The smallest absolute Gasteiger partial charge is 0.294 e. The second kappa shape index (κ2) is 5.26. The summed E-state index contributed by atoms with van der Waals surface area (Å²) in [5.74, 6) is 0.811. The van der Waals surface area contributed by atoms with Crippen LogP contribution < -0.4 is 15.4 Å². The lowest BCUT2D eigenvalue weighted by atomic mass is 10.1. The molecule has 0 unspecified atom stereocenters. The molecule has 0 saturated heterocycles. The number of fused-ring (bicyclic) bond motifs is 1. The van der Waals surface area contributed by atoms with E-state index in [1.165, 1.54) is 0 Å². The van der Waals surface area contributed by atoms with Crippen LogP contribution in [0.25, 0.3) is 6.08 Å². The molecule has 2 aromatic rings. The molecule has 0 aliphatic carbocycles. The van der Waals surface area contributed by atoms with Gasteiger partial charge in [-0.2, -0.15) is 0 Å². The molecule has 0 saturated carbocycles. The van der Waals surface area contributed by atoms with Crippen LogP contribution in [0.4, 0.5) is 11.4 Å². The van der Waals surface area contributed by atoms with Crippen LogP contribution in [-0.2, 0) is 4.79 Å². The van der Waals surface area contributed by atoms with E-state index in [0.29, 0.717) is 17.2 Å². The van der Waals surface area contributed by atoms with E-state index in [4.69, 9.17) is 10.5 Å². The molecular weight excluding hydrogens is 284 g/mol. The average molecular weight is 300 g/mol. The lowest BCUT2D eigenvalue weighted by molar-refractivity contribution is -0.117. The predicted molar refractivity (Wildman–Crippen MR) is 86.4 cm³/mol. The van der Waals surface area contributed by atoms with Crippen molar-refractivity contribution in [1.82, 2.24) is 0 Å². The van der Waals surface area contributed by atoms with Gasteiger partial charge in [0.1, 0.15) is 0 Å². The standard InChI is InChI=1S/C16H16N2O2S/c1-10(2)18-13-6-5-11(17)8-14(13)20-15(16(18)19)9-12-4-3-7-21-12/h3-10H,17H2,1-2H3/b15-9+. The molecule has 0 spiro atoms. The van der Waals surface area contributed by atoms with Gasteiger partial charge in [0, 0.05) is 28.7 Å². The maximum absolute atomic E-state index is 12.6. The highest BCUT2D eigenvalue weighted by Crippen LogP contribution is 2.38. The number of carbonyl (C=O) groups is 1. The van der Waals surface area contributed by atoms with Crippen LogP contribution in [-0.4, -0.2) is 11.9 Å². The number of benzene rings is 1. The summed E-state index contributed by atoms with van der Waals surface area (Å²) in [6.07, 6.45) is 1.77. The van der Waals surface area contributed by atoms with E-state index >= 15 is 0 Å². The van der Waals surface area contributed by atoms with Gasteiger partial charge in [-0.3, -0.25) is 9.69 Å². The van der Waals surface area contributed by atoms with Crippen molar-refractivity contribution in [3.63, 3.8) is 0 Å². The van der Waals surface area contributed by atoms with Gasteiger partial charge in [0.2, 0.25) is 0 Å². The first-order valence-corrected chi connectivity index (χ1v) is 7.60. The molecule has 4 nitrogen and oxygen atoms in total. The summed E-state index contributed by atoms with van der Waals surface area (Å²) in [5.41, 5.74) is 7.19. The lowest BCUT2D eigenvalue weighted by Crippen LogP contribution is -2.42. The van der Waals surface area contributed by atoms with Gasteiger partial charge >= 0.3 is 0 Å². The lowest BCUT2D eigenvalue weighted by Gasteiger charge is -2.33. The summed E-state index contributed by atoms with van der Waals surface area (Å²) in [6, 6.07) is 9.28. The van der Waals surface area contributed by atoms with E-state index in [2.05, 4.69) is 0 Å². The number of nitrogens with two attached hydrogens (primary N) is 1. The zero-order chi connectivity index (χ0) is 15.0. The molecule has 0 fully saturated rings. The monoisotopic (exact) mass is 300 g/mol. The molecule has 1 aromatic carbocycles. The summed E-state index contributed by atoms with van der Waals surface area (Å²) in [7, 11) is 0. The normalized spacial score (nSPS) is 16.2. The van der Waals surface area contributed by atoms with Crippen LogP contribution in [0.3, 0.4) is 0 Å². The summed E-state index contributed by atoms with van der Waals surface area (Å²) in [6.45, 7) is 3.96. The Morgan fingerprint density at radius 1 is 1.33 bits per heavy atom. The predicted octanol–water partition coefficient (Wildman–Crippen LogP) is 3.51. The van der Waals surface area contributed by atoms with Crippen LogP contribution >= 0.6 is 11.3 Å². The maximum atomic E-state index is 12.6. The summed E-state index contributed by atoms with van der Waals surface area (Å²) in [5, 5.41) is 1.96. The number of ether oxygens (including phenoxy) is 1. The number of hydrogen-bond acceptors (Lipinski definition) is 4. The fraction of sp³-hybridized carbons (Fsp3) is 0.188. The minimum atomic E-state index is -0.129. The van der Waals surface area contributed by atoms with Crippen molar-refractivity contribution in [2.75, 3.05) is 10.6 Å². The summed E-state index contributed by atoms with van der Waals surface area (Å²) >= 11 is 1.56. The third-order valence-electron chi connectivity index (χ3n) is 3.23. The van der Waals surface area contributed by atoms with Crippen LogP contribution in [0.5, 0.6) is 5.75 Å². The average Bonchev–Trinajstić information content (AvgIpc) is 2.92. The van der Waals surface area contributed by atoms with Gasteiger partial charge in [0.05, 0.1) is 5.69 Å². The van der Waals surface area contributed by atoms with Crippen molar-refractivity contribution in [2.24, 2.45) is 0 Å². The summed E-state index contributed by atoms with van der Waals surface area (Å²) < 4.78 is 5.78. The van der Waals surface area contributed by atoms with E-state index in [1.54, 1.807) is 34.4 Å². The SMILES string of the molecule is CC(C)N1C(=O)/C(=C\c2cccs2)Oc2cc(N)ccc21. The zero-order valence-electron chi connectivity index (χ0n) is 11.9. The Morgan fingerprint density at radius 2 is 2.14 bits per heavy atom. The molecule has 0 radical (unpaired) electrons. The van der Waals surface area contributed by atoms with Crippen molar-refractivity contribution in [1.29, 1.82) is 0 Å². The Labute approximate surface area is 127 Å². The van der Waals surface area contributed by atoms with Crippen molar-refractivity contribution in [2.45, 2.75) is 19.9 Å². The van der Waals surface area contributed by atoms with Crippen LogP contribution in [0.15, 0.2) is 41.5 Å². The first-order valence-electron chi connectivity index (χ1n) is 6.72. The molecule has 2 N–H and O–H groups in total. The van der Waals surface area contributed by atoms with Crippen molar-refractivity contribution >= 4 is 34.7 Å². The van der Waals surface area contributed by atoms with Gasteiger partial charge in [-0.25, -0.2) is 0 Å². The highest BCUT2D eigenvalue weighted by atomic mass is 32.1. The van der Waals surface area contributed by atoms with E-state index in [-0.39, 0.29) is 11.9 Å². The number of rotatable bonds is 2. The van der Waals surface area contributed by atoms with Gasteiger partial charge in [-0.05, 0) is 37.4 Å². The fourth-order valence-electron chi connectivity index (χ4n) is 2.31. The van der Waals surface area contributed by atoms with Gasteiger partial charge in [0.15, 0.2) is 11.5 Å². The number of thiophene rings is 1. The molecule has 2 heterocycles. The third-order valence-corrected chi connectivity index (χ3v) is 4.05. The number of nitrogen functional groups attached to an aromatic ring is 1. The number of hydrogen-bond donors (Lipinski definition) is 1. The third kappa shape index (κ3) is 2.52. The maximum Gasteiger partial charge on any atom is 0.294 e. The zero-order valence-corrected chi connectivity index (χ0v) is 12.7. The first-order chi connectivity index (χ1) is 10.1. The molecule has 1 aromatic heterocycles. The molecule has 1 amide bonds. The van der Waals surface area contributed by atoms with E-state index in [9.17, 15) is 4.79 Å². The van der Waals surface area contributed by atoms with Gasteiger partial charge in [0.25, 0.3) is 5.91 Å². The van der Waals surface area contributed by atoms with Gasteiger partial charge in [-0.1, -0.05) is 6.07 Å². The molecule has 3 rings (SSSR count). The Hall–Kier alpha value is -2.27. The van der Waals surface area contributed by atoms with Crippen LogP contribution in [0.1, 0.15) is 18.7 Å². The molecule has 21 heavy (non-hydrogen) atoms. The fourth-order valence-corrected chi connectivity index (χ4v) is 2.95. The van der Waals surface area contributed by atoms with Crippen molar-refractivity contribution in [3.8, 4) is 5.75 Å². The van der Waals surface area contributed by atoms with Gasteiger partial charge < -0.3 is 10.5 Å². The van der Waals surface area contributed by atoms with E-state index < -0.39 is 0 Å². The highest BCUT2D eigenvalue weighted by molar-refractivity contribution is 7.10. The van der Waals surface area contributed by atoms with Crippen molar-refractivity contribution in [3.05, 3.63) is 46.3 Å². The van der Waals surface area contributed by atoms with Gasteiger partial charge in [-0.15, -0.1) is 11.3 Å². The Balaban J connectivity index is 2.09. The quantitative estimate of drug-likeness (QED) is 0.682.